The molecule has 1 heteroatoms. The van der Waals surface area contributed by atoms with Gasteiger partial charge in [-0.1, -0.05) is 13.8 Å². The third-order valence-corrected chi connectivity index (χ3v) is 2.40. The zero-order valence-electron chi connectivity index (χ0n) is 8.85. The number of hydrogen-bond acceptors (Lipinski definition) is 0. The third-order valence-electron chi connectivity index (χ3n) is 2.40. The van der Waals surface area contributed by atoms with Gasteiger partial charge in [0, 0.05) is 0 Å². The fourth-order valence-corrected chi connectivity index (χ4v) is 1.09. The van der Waals surface area contributed by atoms with E-state index in [-0.39, 0.29) is 0 Å². The predicted molar refractivity (Wildman–Crippen MR) is 51.6 cm³/mol. The van der Waals surface area contributed by atoms with Crippen LogP contribution in [-0.4, -0.2) is 31.7 Å². The average Bonchev–Trinajstić information content (AvgIpc) is 1.87. The summed E-state index contributed by atoms with van der Waals surface area (Å²) in [6.07, 6.45) is 2.75. The highest BCUT2D eigenvalue weighted by atomic mass is 15.3. The molecule has 68 valence electrons. The molecule has 0 saturated heterocycles. The van der Waals surface area contributed by atoms with Gasteiger partial charge >= 0.3 is 0 Å². The number of quaternary nitrogens is 1. The van der Waals surface area contributed by atoms with Gasteiger partial charge in [-0.15, -0.1) is 0 Å². The Morgan fingerprint density at radius 2 is 1.73 bits per heavy atom. The predicted octanol–water partition coefficient (Wildman–Crippen LogP) is 2.52. The van der Waals surface area contributed by atoms with Crippen molar-refractivity contribution >= 4 is 0 Å². The molecule has 0 heterocycles. The molecule has 0 fully saturated rings. The molecule has 0 spiro atoms. The van der Waals surface area contributed by atoms with E-state index in [0.29, 0.717) is 0 Å². The monoisotopic (exact) mass is 158 g/mol. The minimum atomic E-state index is 0.867. The highest BCUT2D eigenvalue weighted by Gasteiger charge is 2.10. The summed E-state index contributed by atoms with van der Waals surface area (Å²) in [5.41, 5.74) is 0. The normalized spacial score (nSPS) is 12.5. The second-order valence-corrected chi connectivity index (χ2v) is 4.51. The molecule has 0 radical (unpaired) electrons. The van der Waals surface area contributed by atoms with Crippen molar-refractivity contribution in [3.63, 3.8) is 0 Å². The van der Waals surface area contributed by atoms with Gasteiger partial charge in [0.05, 0.1) is 27.2 Å². The lowest BCUT2D eigenvalue weighted by molar-refractivity contribution is -0.888. The van der Waals surface area contributed by atoms with E-state index < -0.39 is 0 Å². The molecule has 0 aromatic heterocycles. The highest BCUT2D eigenvalue weighted by Crippen LogP contribution is 2.06. The van der Waals surface area contributed by atoms with Gasteiger partial charge in [-0.2, -0.15) is 0 Å². The average molecular weight is 158 g/mol. The maximum atomic E-state index is 2.31. The standard InChI is InChI=1S/C10H24N/c1-6-11(4,5)9-7-8-10(2)3/h10H,6-9H2,1-5H3/q+1. The van der Waals surface area contributed by atoms with Crippen molar-refractivity contribution in [2.75, 3.05) is 27.2 Å². The van der Waals surface area contributed by atoms with Crippen molar-refractivity contribution < 1.29 is 4.48 Å². The van der Waals surface area contributed by atoms with Crippen LogP contribution in [0.15, 0.2) is 0 Å². The molecule has 0 aliphatic carbocycles. The Labute approximate surface area is 72.0 Å². The first-order valence-electron chi connectivity index (χ1n) is 4.80. The highest BCUT2D eigenvalue weighted by molar-refractivity contribution is 4.44. The Kier molecular flexibility index (Phi) is 4.74. The quantitative estimate of drug-likeness (QED) is 0.539. The Balaban J connectivity index is 3.38. The van der Waals surface area contributed by atoms with Gasteiger partial charge in [0.15, 0.2) is 0 Å². The minimum Gasteiger partial charge on any atom is -0.329 e. The van der Waals surface area contributed by atoms with Gasteiger partial charge in [-0.3, -0.25) is 0 Å². The van der Waals surface area contributed by atoms with Crippen LogP contribution in [0.1, 0.15) is 33.6 Å². The summed E-state index contributed by atoms with van der Waals surface area (Å²) in [7, 11) is 4.61. The minimum absolute atomic E-state index is 0.867. The fraction of sp³-hybridized carbons (Fsp3) is 1.00. The molecular weight excluding hydrogens is 134 g/mol. The zero-order chi connectivity index (χ0) is 8.91. The molecule has 0 aliphatic heterocycles. The lowest BCUT2D eigenvalue weighted by Crippen LogP contribution is -2.40. The zero-order valence-corrected chi connectivity index (χ0v) is 8.85. The van der Waals surface area contributed by atoms with Crippen molar-refractivity contribution in [3.05, 3.63) is 0 Å². The van der Waals surface area contributed by atoms with Crippen LogP contribution in [0.2, 0.25) is 0 Å². The Morgan fingerprint density at radius 1 is 1.18 bits per heavy atom. The second kappa shape index (κ2) is 4.76. The molecule has 0 aromatic carbocycles. The van der Waals surface area contributed by atoms with Crippen LogP contribution in [0, 0.1) is 5.92 Å². The van der Waals surface area contributed by atoms with Gasteiger partial charge in [-0.05, 0) is 25.7 Å². The van der Waals surface area contributed by atoms with Gasteiger partial charge in [0.25, 0.3) is 0 Å². The van der Waals surface area contributed by atoms with Crippen LogP contribution in [0.3, 0.4) is 0 Å². The van der Waals surface area contributed by atoms with E-state index in [4.69, 9.17) is 0 Å². The van der Waals surface area contributed by atoms with Crippen LogP contribution in [-0.2, 0) is 0 Å². The largest absolute Gasteiger partial charge is 0.329 e. The van der Waals surface area contributed by atoms with Gasteiger partial charge in [0.1, 0.15) is 0 Å². The third kappa shape index (κ3) is 6.36. The van der Waals surface area contributed by atoms with Gasteiger partial charge in [0.2, 0.25) is 0 Å². The van der Waals surface area contributed by atoms with Crippen LogP contribution in [0.5, 0.6) is 0 Å². The summed E-state index contributed by atoms with van der Waals surface area (Å²) >= 11 is 0. The Morgan fingerprint density at radius 3 is 2.09 bits per heavy atom. The first-order chi connectivity index (χ1) is 4.98. The first kappa shape index (κ1) is 11.0. The summed E-state index contributed by atoms with van der Waals surface area (Å²) in [6.45, 7) is 9.43. The fourth-order valence-electron chi connectivity index (χ4n) is 1.09. The maximum Gasteiger partial charge on any atom is 0.0782 e. The molecular formula is C10H24N+. The van der Waals surface area contributed by atoms with E-state index in [9.17, 15) is 0 Å². The van der Waals surface area contributed by atoms with E-state index >= 15 is 0 Å². The smallest absolute Gasteiger partial charge is 0.0782 e. The molecule has 0 saturated carbocycles. The summed E-state index contributed by atoms with van der Waals surface area (Å²) in [5, 5.41) is 0. The maximum absolute atomic E-state index is 2.31. The molecule has 0 N–H and O–H groups in total. The molecule has 1 nitrogen and oxygen atoms in total. The van der Waals surface area contributed by atoms with Crippen molar-refractivity contribution in [2.45, 2.75) is 33.6 Å². The van der Waals surface area contributed by atoms with Crippen LogP contribution >= 0.6 is 0 Å². The van der Waals surface area contributed by atoms with E-state index in [1.807, 2.05) is 0 Å². The summed E-state index contributed by atoms with van der Waals surface area (Å²) in [6, 6.07) is 0. The second-order valence-electron chi connectivity index (χ2n) is 4.51. The lowest BCUT2D eigenvalue weighted by atomic mass is 10.1. The number of rotatable bonds is 5. The van der Waals surface area contributed by atoms with Crippen molar-refractivity contribution in [3.8, 4) is 0 Å². The van der Waals surface area contributed by atoms with E-state index in [0.717, 1.165) is 5.92 Å². The van der Waals surface area contributed by atoms with Crippen molar-refractivity contribution in [1.82, 2.24) is 0 Å². The lowest BCUT2D eigenvalue weighted by Gasteiger charge is -2.28. The molecule has 0 aliphatic rings. The summed E-state index contributed by atoms with van der Waals surface area (Å²) < 4.78 is 1.17. The van der Waals surface area contributed by atoms with Gasteiger partial charge in [-0.25, -0.2) is 0 Å². The summed E-state index contributed by atoms with van der Waals surface area (Å²) in [4.78, 5) is 0. The molecule has 0 unspecified atom stereocenters. The molecule has 11 heavy (non-hydrogen) atoms. The number of hydrogen-bond donors (Lipinski definition) is 0. The molecule has 0 rings (SSSR count). The molecule has 0 atom stereocenters. The van der Waals surface area contributed by atoms with E-state index in [2.05, 4.69) is 34.9 Å². The van der Waals surface area contributed by atoms with Crippen molar-refractivity contribution in [1.29, 1.82) is 0 Å². The summed E-state index contributed by atoms with van der Waals surface area (Å²) in [5.74, 6) is 0.867. The van der Waals surface area contributed by atoms with Crippen molar-refractivity contribution in [2.24, 2.45) is 5.92 Å². The first-order valence-corrected chi connectivity index (χ1v) is 4.80. The van der Waals surface area contributed by atoms with Crippen LogP contribution < -0.4 is 0 Å². The van der Waals surface area contributed by atoms with E-state index in [1.165, 1.54) is 30.4 Å². The topological polar surface area (TPSA) is 0 Å². The Hall–Kier alpha value is -0.0400. The SMILES string of the molecule is CC[N+](C)(C)CCCC(C)C. The molecule has 0 amide bonds. The van der Waals surface area contributed by atoms with Crippen LogP contribution in [0.4, 0.5) is 0 Å². The van der Waals surface area contributed by atoms with Gasteiger partial charge < -0.3 is 4.48 Å². The number of nitrogens with zero attached hydrogens (tertiary/aromatic N) is 1. The Bertz CT molecular complexity index is 95.0. The molecule has 0 bridgehead atoms. The van der Waals surface area contributed by atoms with Crippen LogP contribution in [0.25, 0.3) is 0 Å². The van der Waals surface area contributed by atoms with E-state index in [1.54, 1.807) is 0 Å². The molecule has 0 aromatic rings.